The Kier molecular flexibility index (Phi) is 5.31. The lowest BCUT2D eigenvalue weighted by molar-refractivity contribution is 0.455. The van der Waals surface area contributed by atoms with Crippen LogP contribution in [0.4, 0.5) is 0 Å². The standard InChI is InChI=1S/C18H24N2/c1-14-6-4-5-7-16(14)8-9-18(19-3)15(2)17-10-12-20-13-11-17/h4-7,10-13,15,18-19H,8-9H2,1-3H3. The Hall–Kier alpha value is -1.67. The fourth-order valence-electron chi connectivity index (χ4n) is 2.75. The highest BCUT2D eigenvalue weighted by Gasteiger charge is 2.17. The monoisotopic (exact) mass is 268 g/mol. The summed E-state index contributed by atoms with van der Waals surface area (Å²) in [5.74, 6) is 0.493. The zero-order valence-corrected chi connectivity index (χ0v) is 12.6. The normalized spacial score (nSPS) is 13.9. The predicted octanol–water partition coefficient (Wildman–Crippen LogP) is 3.71. The van der Waals surface area contributed by atoms with Crippen LogP contribution in [0.3, 0.4) is 0 Å². The molecular formula is C18H24N2. The number of hydrogen-bond acceptors (Lipinski definition) is 2. The van der Waals surface area contributed by atoms with E-state index in [-0.39, 0.29) is 0 Å². The van der Waals surface area contributed by atoms with E-state index in [0.29, 0.717) is 12.0 Å². The van der Waals surface area contributed by atoms with E-state index in [4.69, 9.17) is 0 Å². The third-order valence-electron chi connectivity index (χ3n) is 4.19. The third kappa shape index (κ3) is 3.67. The molecule has 106 valence electrons. The average molecular weight is 268 g/mol. The van der Waals surface area contributed by atoms with Gasteiger partial charge >= 0.3 is 0 Å². The smallest absolute Gasteiger partial charge is 0.0270 e. The van der Waals surface area contributed by atoms with Crippen molar-refractivity contribution in [3.8, 4) is 0 Å². The largest absolute Gasteiger partial charge is 0.316 e. The number of nitrogens with zero attached hydrogens (tertiary/aromatic N) is 1. The SMILES string of the molecule is CNC(CCc1ccccc1C)C(C)c1ccncc1. The summed E-state index contributed by atoms with van der Waals surface area (Å²) in [6.45, 7) is 4.48. The third-order valence-corrected chi connectivity index (χ3v) is 4.19. The van der Waals surface area contributed by atoms with Gasteiger partial charge in [0.1, 0.15) is 0 Å². The summed E-state index contributed by atoms with van der Waals surface area (Å²) in [5, 5.41) is 3.47. The van der Waals surface area contributed by atoms with Gasteiger partial charge in [0.05, 0.1) is 0 Å². The molecule has 2 heteroatoms. The molecule has 2 unspecified atom stereocenters. The molecule has 2 nitrogen and oxygen atoms in total. The van der Waals surface area contributed by atoms with E-state index in [9.17, 15) is 0 Å². The Labute approximate surface area is 122 Å². The molecule has 0 aliphatic heterocycles. The van der Waals surface area contributed by atoms with E-state index < -0.39 is 0 Å². The molecule has 2 atom stereocenters. The van der Waals surface area contributed by atoms with Crippen LogP contribution in [0, 0.1) is 6.92 Å². The maximum Gasteiger partial charge on any atom is 0.0270 e. The predicted molar refractivity (Wildman–Crippen MR) is 85.0 cm³/mol. The molecule has 2 rings (SSSR count). The molecule has 0 spiro atoms. The highest BCUT2D eigenvalue weighted by Crippen LogP contribution is 2.22. The van der Waals surface area contributed by atoms with E-state index in [1.165, 1.54) is 16.7 Å². The molecule has 2 aromatic rings. The highest BCUT2D eigenvalue weighted by atomic mass is 14.9. The summed E-state index contributed by atoms with van der Waals surface area (Å²) in [5.41, 5.74) is 4.19. The first kappa shape index (κ1) is 14.7. The summed E-state index contributed by atoms with van der Waals surface area (Å²) in [6, 6.07) is 13.4. The molecule has 0 saturated carbocycles. The fourth-order valence-corrected chi connectivity index (χ4v) is 2.75. The van der Waals surface area contributed by atoms with Crippen LogP contribution in [0.1, 0.15) is 36.0 Å². The molecule has 0 amide bonds. The molecule has 0 bridgehead atoms. The molecule has 1 N–H and O–H groups in total. The number of aromatic nitrogens is 1. The Balaban J connectivity index is 2.01. The van der Waals surface area contributed by atoms with E-state index in [1.54, 1.807) is 0 Å². The van der Waals surface area contributed by atoms with Crippen molar-refractivity contribution in [3.63, 3.8) is 0 Å². The van der Waals surface area contributed by atoms with Gasteiger partial charge in [0.25, 0.3) is 0 Å². The first-order valence-electron chi connectivity index (χ1n) is 7.34. The van der Waals surface area contributed by atoms with E-state index >= 15 is 0 Å². The molecular weight excluding hydrogens is 244 g/mol. The number of likely N-dealkylation sites (N-methyl/N-ethyl adjacent to an activating group) is 1. The molecule has 0 aliphatic carbocycles. The van der Waals surface area contributed by atoms with Crippen LogP contribution < -0.4 is 5.32 Å². The van der Waals surface area contributed by atoms with Gasteiger partial charge < -0.3 is 5.32 Å². The summed E-state index contributed by atoms with van der Waals surface area (Å²) in [6.07, 6.45) is 6.01. The number of hydrogen-bond donors (Lipinski definition) is 1. The van der Waals surface area contributed by atoms with E-state index in [0.717, 1.165) is 12.8 Å². The summed E-state index contributed by atoms with van der Waals surface area (Å²) in [4.78, 5) is 4.10. The summed E-state index contributed by atoms with van der Waals surface area (Å²) >= 11 is 0. The zero-order chi connectivity index (χ0) is 14.4. The highest BCUT2D eigenvalue weighted by molar-refractivity contribution is 5.26. The number of rotatable bonds is 6. The van der Waals surface area contributed by atoms with Crippen LogP contribution in [-0.2, 0) is 6.42 Å². The Morgan fingerprint density at radius 3 is 2.45 bits per heavy atom. The van der Waals surface area contributed by atoms with Gasteiger partial charge in [-0.2, -0.15) is 0 Å². The van der Waals surface area contributed by atoms with Crippen molar-refractivity contribution in [1.29, 1.82) is 0 Å². The molecule has 0 radical (unpaired) electrons. The summed E-state index contributed by atoms with van der Waals surface area (Å²) in [7, 11) is 2.06. The summed E-state index contributed by atoms with van der Waals surface area (Å²) < 4.78 is 0. The van der Waals surface area contributed by atoms with Crippen LogP contribution in [-0.4, -0.2) is 18.1 Å². The molecule has 1 aromatic heterocycles. The average Bonchev–Trinajstić information content (AvgIpc) is 2.50. The van der Waals surface area contributed by atoms with Crippen LogP contribution >= 0.6 is 0 Å². The Morgan fingerprint density at radius 2 is 1.80 bits per heavy atom. The van der Waals surface area contributed by atoms with Gasteiger partial charge in [0, 0.05) is 18.4 Å². The van der Waals surface area contributed by atoms with Gasteiger partial charge in [0.15, 0.2) is 0 Å². The van der Waals surface area contributed by atoms with Gasteiger partial charge in [-0.3, -0.25) is 4.98 Å². The van der Waals surface area contributed by atoms with Crippen LogP contribution in [0.2, 0.25) is 0 Å². The van der Waals surface area contributed by atoms with Crippen LogP contribution in [0.5, 0.6) is 0 Å². The van der Waals surface area contributed by atoms with E-state index in [1.807, 2.05) is 12.4 Å². The van der Waals surface area contributed by atoms with E-state index in [2.05, 4.69) is 67.6 Å². The topological polar surface area (TPSA) is 24.9 Å². The second kappa shape index (κ2) is 7.20. The van der Waals surface area contributed by atoms with Crippen molar-refractivity contribution >= 4 is 0 Å². The van der Waals surface area contributed by atoms with Crippen molar-refractivity contribution in [2.24, 2.45) is 0 Å². The molecule has 0 fully saturated rings. The van der Waals surface area contributed by atoms with Crippen molar-refractivity contribution in [1.82, 2.24) is 10.3 Å². The first-order valence-corrected chi connectivity index (χ1v) is 7.34. The minimum Gasteiger partial charge on any atom is -0.316 e. The number of pyridine rings is 1. The minimum absolute atomic E-state index is 0.483. The first-order chi connectivity index (χ1) is 9.72. The van der Waals surface area contributed by atoms with Gasteiger partial charge in [-0.1, -0.05) is 31.2 Å². The second-order valence-electron chi connectivity index (χ2n) is 5.43. The van der Waals surface area contributed by atoms with Gasteiger partial charge in [0.2, 0.25) is 0 Å². The van der Waals surface area contributed by atoms with Crippen molar-refractivity contribution < 1.29 is 0 Å². The molecule has 1 aromatic carbocycles. The van der Waals surface area contributed by atoms with Gasteiger partial charge in [-0.05, 0) is 61.6 Å². The van der Waals surface area contributed by atoms with Gasteiger partial charge in [-0.25, -0.2) is 0 Å². The van der Waals surface area contributed by atoms with Crippen LogP contribution in [0.25, 0.3) is 0 Å². The van der Waals surface area contributed by atoms with Crippen LogP contribution in [0.15, 0.2) is 48.8 Å². The zero-order valence-electron chi connectivity index (χ0n) is 12.6. The molecule has 0 saturated heterocycles. The second-order valence-corrected chi connectivity index (χ2v) is 5.43. The van der Waals surface area contributed by atoms with Crippen molar-refractivity contribution in [3.05, 3.63) is 65.5 Å². The molecule has 20 heavy (non-hydrogen) atoms. The quantitative estimate of drug-likeness (QED) is 0.864. The lowest BCUT2D eigenvalue weighted by Gasteiger charge is -2.24. The number of nitrogens with one attached hydrogen (secondary N) is 1. The Morgan fingerprint density at radius 1 is 1.10 bits per heavy atom. The Bertz CT molecular complexity index is 522. The maximum absolute atomic E-state index is 4.10. The number of benzene rings is 1. The van der Waals surface area contributed by atoms with Gasteiger partial charge in [-0.15, -0.1) is 0 Å². The molecule has 0 aliphatic rings. The lowest BCUT2D eigenvalue weighted by Crippen LogP contribution is -2.31. The lowest BCUT2D eigenvalue weighted by atomic mass is 9.89. The van der Waals surface area contributed by atoms with Crippen molar-refractivity contribution in [2.45, 2.75) is 38.6 Å². The fraction of sp³-hybridized carbons (Fsp3) is 0.389. The molecule has 1 heterocycles. The number of aryl methyl sites for hydroxylation is 2. The maximum atomic E-state index is 4.10. The minimum atomic E-state index is 0.483. The van der Waals surface area contributed by atoms with Crippen molar-refractivity contribution in [2.75, 3.05) is 7.05 Å².